The van der Waals surface area contributed by atoms with E-state index in [1.807, 2.05) is 23.0 Å². The van der Waals surface area contributed by atoms with E-state index < -0.39 is 6.04 Å². The molecule has 2 fully saturated rings. The van der Waals surface area contributed by atoms with Crippen LogP contribution in [0.1, 0.15) is 44.2 Å². The molecular weight excluding hydrogens is 342 g/mol. The van der Waals surface area contributed by atoms with Gasteiger partial charge in [-0.2, -0.15) is 5.10 Å². The first-order valence-electron chi connectivity index (χ1n) is 9.68. The molecular formula is C20H25N5O2. The van der Waals surface area contributed by atoms with E-state index >= 15 is 0 Å². The number of amides is 2. The third-order valence-electron chi connectivity index (χ3n) is 5.42. The fraction of sp³-hybridized carbons (Fsp3) is 0.500. The van der Waals surface area contributed by atoms with Gasteiger partial charge in [-0.25, -0.2) is 0 Å². The molecule has 2 aliphatic rings. The topological polar surface area (TPSA) is 80.1 Å². The van der Waals surface area contributed by atoms with Gasteiger partial charge in [0.25, 0.3) is 0 Å². The van der Waals surface area contributed by atoms with Crippen LogP contribution in [0.3, 0.4) is 0 Å². The van der Waals surface area contributed by atoms with Gasteiger partial charge in [0.15, 0.2) is 0 Å². The predicted molar refractivity (Wildman–Crippen MR) is 101 cm³/mol. The molecule has 142 valence electrons. The fourth-order valence-electron chi connectivity index (χ4n) is 3.77. The molecule has 1 N–H and O–H groups in total. The minimum Gasteiger partial charge on any atom is -0.352 e. The molecule has 0 aromatic carbocycles. The lowest BCUT2D eigenvalue weighted by Crippen LogP contribution is -2.46. The molecule has 7 heteroatoms. The van der Waals surface area contributed by atoms with Gasteiger partial charge in [0.1, 0.15) is 6.04 Å². The number of carbonyl (C=O) groups is 2. The highest BCUT2D eigenvalue weighted by molar-refractivity contribution is 5.88. The summed E-state index contributed by atoms with van der Waals surface area (Å²) in [6.45, 7) is 3.60. The Bertz CT molecular complexity index is 828. The van der Waals surface area contributed by atoms with Gasteiger partial charge in [-0.1, -0.05) is 0 Å². The van der Waals surface area contributed by atoms with Crippen LogP contribution in [0.15, 0.2) is 30.7 Å². The van der Waals surface area contributed by atoms with E-state index in [1.54, 1.807) is 24.2 Å². The number of nitrogens with zero attached hydrogens (tertiary/aromatic N) is 4. The van der Waals surface area contributed by atoms with Crippen molar-refractivity contribution in [2.45, 2.75) is 51.1 Å². The Hall–Kier alpha value is -2.70. The summed E-state index contributed by atoms with van der Waals surface area (Å²) in [6.07, 6.45) is 9.26. The van der Waals surface area contributed by atoms with Crippen molar-refractivity contribution in [1.82, 2.24) is 25.0 Å². The van der Waals surface area contributed by atoms with Crippen molar-refractivity contribution < 1.29 is 9.59 Å². The largest absolute Gasteiger partial charge is 0.352 e. The van der Waals surface area contributed by atoms with Crippen LogP contribution in [-0.2, 0) is 16.1 Å². The van der Waals surface area contributed by atoms with Gasteiger partial charge in [0.05, 0.1) is 12.7 Å². The van der Waals surface area contributed by atoms with Gasteiger partial charge in [-0.15, -0.1) is 0 Å². The lowest BCUT2D eigenvalue weighted by Gasteiger charge is -2.23. The van der Waals surface area contributed by atoms with Gasteiger partial charge < -0.3 is 10.2 Å². The first-order chi connectivity index (χ1) is 13.1. The SMILES string of the molecule is C[C@@H](C(=O)NCCn1ncc(-c2ccncc2)c1C1CC1)N1CCCC1=O. The summed E-state index contributed by atoms with van der Waals surface area (Å²) in [5.74, 6) is 0.523. The fourth-order valence-corrected chi connectivity index (χ4v) is 3.77. The third-order valence-corrected chi connectivity index (χ3v) is 5.42. The lowest BCUT2D eigenvalue weighted by molar-refractivity contribution is -0.136. The molecule has 3 heterocycles. The highest BCUT2D eigenvalue weighted by Crippen LogP contribution is 2.44. The molecule has 1 aliphatic carbocycles. The Labute approximate surface area is 158 Å². The van der Waals surface area contributed by atoms with Crippen molar-refractivity contribution >= 4 is 11.8 Å². The Kier molecular flexibility index (Phi) is 4.92. The number of likely N-dealkylation sites (tertiary alicyclic amines) is 1. The molecule has 0 spiro atoms. The summed E-state index contributed by atoms with van der Waals surface area (Å²) >= 11 is 0. The van der Waals surface area contributed by atoms with Gasteiger partial charge in [0.2, 0.25) is 11.8 Å². The molecule has 2 amide bonds. The van der Waals surface area contributed by atoms with Crippen LogP contribution < -0.4 is 5.32 Å². The normalized spacial score (nSPS) is 18.0. The molecule has 4 rings (SSSR count). The maximum Gasteiger partial charge on any atom is 0.242 e. The van der Waals surface area contributed by atoms with E-state index in [-0.39, 0.29) is 11.8 Å². The Morgan fingerprint density at radius 3 is 2.78 bits per heavy atom. The number of nitrogens with one attached hydrogen (secondary N) is 1. The first kappa shape index (κ1) is 17.7. The Balaban J connectivity index is 1.39. The van der Waals surface area contributed by atoms with E-state index in [2.05, 4.69) is 15.4 Å². The molecule has 0 bridgehead atoms. The summed E-state index contributed by atoms with van der Waals surface area (Å²) in [6, 6.07) is 3.60. The molecule has 0 radical (unpaired) electrons. The van der Waals surface area contributed by atoms with Crippen LogP contribution in [-0.4, -0.2) is 50.6 Å². The number of carbonyl (C=O) groups excluding carboxylic acids is 2. The molecule has 2 aromatic heterocycles. The Morgan fingerprint density at radius 1 is 1.33 bits per heavy atom. The van der Waals surface area contributed by atoms with E-state index in [4.69, 9.17) is 0 Å². The van der Waals surface area contributed by atoms with Crippen LogP contribution in [0.2, 0.25) is 0 Å². The smallest absolute Gasteiger partial charge is 0.242 e. The zero-order chi connectivity index (χ0) is 18.8. The summed E-state index contributed by atoms with van der Waals surface area (Å²) < 4.78 is 2.01. The monoisotopic (exact) mass is 367 g/mol. The second-order valence-corrected chi connectivity index (χ2v) is 7.33. The van der Waals surface area contributed by atoms with Crippen molar-refractivity contribution in [1.29, 1.82) is 0 Å². The number of hydrogen-bond donors (Lipinski definition) is 1. The quantitative estimate of drug-likeness (QED) is 0.811. The van der Waals surface area contributed by atoms with Crippen molar-refractivity contribution in [3.05, 3.63) is 36.4 Å². The van der Waals surface area contributed by atoms with Crippen LogP contribution in [0.4, 0.5) is 0 Å². The lowest BCUT2D eigenvalue weighted by atomic mass is 10.1. The van der Waals surface area contributed by atoms with Gasteiger partial charge in [-0.3, -0.25) is 19.3 Å². The first-order valence-corrected chi connectivity index (χ1v) is 9.68. The zero-order valence-corrected chi connectivity index (χ0v) is 15.6. The minimum absolute atomic E-state index is 0.0720. The Morgan fingerprint density at radius 2 is 2.11 bits per heavy atom. The number of aromatic nitrogens is 3. The second-order valence-electron chi connectivity index (χ2n) is 7.33. The predicted octanol–water partition coefficient (Wildman–Crippen LogP) is 1.95. The molecule has 2 aromatic rings. The number of rotatable bonds is 7. The van der Waals surface area contributed by atoms with E-state index in [1.165, 1.54) is 18.5 Å². The molecule has 0 unspecified atom stereocenters. The number of hydrogen-bond acceptors (Lipinski definition) is 4. The summed E-state index contributed by atoms with van der Waals surface area (Å²) in [4.78, 5) is 29.9. The summed E-state index contributed by atoms with van der Waals surface area (Å²) in [5.41, 5.74) is 3.53. The average Bonchev–Trinajstić information content (AvgIpc) is 3.30. The van der Waals surface area contributed by atoms with E-state index in [0.717, 1.165) is 17.5 Å². The molecule has 1 saturated carbocycles. The molecule has 1 atom stereocenters. The second kappa shape index (κ2) is 7.50. The van der Waals surface area contributed by atoms with Gasteiger partial charge in [-0.05, 0) is 43.9 Å². The van der Waals surface area contributed by atoms with Crippen LogP contribution in [0, 0.1) is 0 Å². The molecule has 7 nitrogen and oxygen atoms in total. The molecule has 27 heavy (non-hydrogen) atoms. The van der Waals surface area contributed by atoms with Crippen LogP contribution in [0.5, 0.6) is 0 Å². The highest BCUT2D eigenvalue weighted by atomic mass is 16.2. The molecule has 1 aliphatic heterocycles. The highest BCUT2D eigenvalue weighted by Gasteiger charge is 2.31. The molecule has 1 saturated heterocycles. The summed E-state index contributed by atoms with van der Waals surface area (Å²) in [5, 5.41) is 7.53. The van der Waals surface area contributed by atoms with Crippen molar-refractivity contribution in [3.63, 3.8) is 0 Å². The van der Waals surface area contributed by atoms with Crippen LogP contribution >= 0.6 is 0 Å². The number of pyridine rings is 1. The van der Waals surface area contributed by atoms with Crippen LogP contribution in [0.25, 0.3) is 11.1 Å². The van der Waals surface area contributed by atoms with E-state index in [0.29, 0.717) is 32.0 Å². The summed E-state index contributed by atoms with van der Waals surface area (Å²) in [7, 11) is 0. The van der Waals surface area contributed by atoms with Gasteiger partial charge in [0, 0.05) is 49.1 Å². The van der Waals surface area contributed by atoms with Crippen molar-refractivity contribution in [2.75, 3.05) is 13.1 Å². The maximum atomic E-state index is 12.4. The minimum atomic E-state index is -0.409. The standard InChI is InChI=1S/C20H25N5O2/c1-14(24-11-2-3-18(24)26)20(27)22-10-12-25-19(16-4-5-16)17(13-23-25)15-6-8-21-9-7-15/h6-9,13-14,16H,2-5,10-12H2,1H3,(H,22,27)/t14-/m0/s1. The third kappa shape index (κ3) is 3.72. The maximum absolute atomic E-state index is 12.4. The average molecular weight is 367 g/mol. The van der Waals surface area contributed by atoms with Crippen molar-refractivity contribution in [3.8, 4) is 11.1 Å². The van der Waals surface area contributed by atoms with Crippen molar-refractivity contribution in [2.24, 2.45) is 0 Å². The van der Waals surface area contributed by atoms with Gasteiger partial charge >= 0.3 is 0 Å². The zero-order valence-electron chi connectivity index (χ0n) is 15.6. The van der Waals surface area contributed by atoms with E-state index in [9.17, 15) is 9.59 Å².